The predicted octanol–water partition coefficient (Wildman–Crippen LogP) is 1.90. The fourth-order valence-corrected chi connectivity index (χ4v) is 1.40. The highest BCUT2D eigenvalue weighted by molar-refractivity contribution is 5.65. The molecule has 0 bridgehead atoms. The lowest BCUT2D eigenvalue weighted by Gasteiger charge is -2.05. The predicted molar refractivity (Wildman–Crippen MR) is 52.6 cm³/mol. The molecule has 0 fully saturated rings. The van der Waals surface area contributed by atoms with Gasteiger partial charge in [-0.2, -0.15) is 13.2 Å². The normalized spacial score (nSPS) is 11.5. The molecule has 0 N–H and O–H groups in total. The fraction of sp³-hybridized carbons (Fsp3) is 0.111. The highest BCUT2D eigenvalue weighted by Crippen LogP contribution is 2.31. The zero-order valence-electron chi connectivity index (χ0n) is 8.92. The van der Waals surface area contributed by atoms with Crippen LogP contribution in [0.5, 0.6) is 0 Å². The minimum Gasteiger partial charge on any atom is -0.265 e. The molecule has 0 saturated carbocycles. The van der Waals surface area contributed by atoms with Crippen LogP contribution in [0.1, 0.15) is 5.56 Å². The summed E-state index contributed by atoms with van der Waals surface area (Å²) in [5.41, 5.74) is -1.39. The number of hydrogen-bond acceptors (Lipinski definition) is 5. The van der Waals surface area contributed by atoms with Crippen molar-refractivity contribution in [2.45, 2.75) is 6.18 Å². The second-order valence-corrected chi connectivity index (χ2v) is 3.43. The fourth-order valence-electron chi connectivity index (χ4n) is 1.40. The molecule has 7 nitrogen and oxygen atoms in total. The van der Waals surface area contributed by atoms with E-state index in [1.165, 1.54) is 0 Å². The Morgan fingerprint density at radius 1 is 1.26 bits per heavy atom. The molecular formula is C9H4F3N3O4. The minimum atomic E-state index is -4.52. The molecule has 19 heavy (non-hydrogen) atoms. The molecule has 2 aromatic rings. The van der Waals surface area contributed by atoms with Crippen molar-refractivity contribution in [3.8, 4) is 11.3 Å². The van der Waals surface area contributed by atoms with Gasteiger partial charge >= 0.3 is 12.0 Å². The zero-order valence-corrected chi connectivity index (χ0v) is 8.92. The van der Waals surface area contributed by atoms with Gasteiger partial charge in [0.2, 0.25) is 5.69 Å². The average Bonchev–Trinajstić information content (AvgIpc) is 2.70. The first-order valence-corrected chi connectivity index (χ1v) is 4.72. The van der Waals surface area contributed by atoms with Gasteiger partial charge in [0.25, 0.3) is 0 Å². The van der Waals surface area contributed by atoms with E-state index in [1.807, 2.05) is 0 Å². The third-order valence-corrected chi connectivity index (χ3v) is 2.25. The van der Waals surface area contributed by atoms with Gasteiger partial charge in [-0.15, -0.1) is 5.16 Å². The van der Waals surface area contributed by atoms with Gasteiger partial charge in [0.15, 0.2) is 0 Å². The first-order valence-electron chi connectivity index (χ1n) is 4.72. The van der Waals surface area contributed by atoms with Crippen molar-refractivity contribution in [1.29, 1.82) is 0 Å². The molecule has 0 saturated heterocycles. The molecule has 0 aliphatic rings. The van der Waals surface area contributed by atoms with E-state index in [0.717, 1.165) is 24.3 Å². The van der Waals surface area contributed by atoms with E-state index in [-0.39, 0.29) is 5.56 Å². The molecule has 1 heterocycles. The summed E-state index contributed by atoms with van der Waals surface area (Å²) in [7, 11) is 0. The lowest BCUT2D eigenvalue weighted by atomic mass is 10.1. The van der Waals surface area contributed by atoms with Gasteiger partial charge in [-0.3, -0.25) is 20.0 Å². The molecule has 1 aromatic carbocycles. The molecule has 1 aromatic heterocycles. The lowest BCUT2D eigenvalue weighted by molar-refractivity contribution is -0.825. The van der Waals surface area contributed by atoms with Crippen LogP contribution in [0.4, 0.5) is 19.0 Å². The topological polar surface area (TPSA) is 96.1 Å². The zero-order chi connectivity index (χ0) is 14.2. The Morgan fingerprint density at radius 2 is 1.84 bits per heavy atom. The molecule has 0 unspecified atom stereocenters. The summed E-state index contributed by atoms with van der Waals surface area (Å²) in [6, 6.07) is 3.38. The maximum Gasteiger partial charge on any atom is 0.587 e. The highest BCUT2D eigenvalue weighted by atomic mass is 19.4. The van der Waals surface area contributed by atoms with E-state index >= 15 is 0 Å². The number of halogens is 3. The smallest absolute Gasteiger partial charge is 0.265 e. The molecule has 0 aliphatic carbocycles. The van der Waals surface area contributed by atoms with E-state index in [2.05, 4.69) is 9.79 Å². The molecule has 10 heteroatoms. The van der Waals surface area contributed by atoms with Crippen LogP contribution in [-0.2, 0) is 6.18 Å². The van der Waals surface area contributed by atoms with Crippen LogP contribution in [-0.4, -0.2) is 10.1 Å². The first-order chi connectivity index (χ1) is 8.80. The van der Waals surface area contributed by atoms with Crippen molar-refractivity contribution < 1.29 is 27.6 Å². The summed E-state index contributed by atoms with van der Waals surface area (Å²) in [6.07, 6.45) is -4.52. The van der Waals surface area contributed by atoms with Crippen molar-refractivity contribution in [3.63, 3.8) is 0 Å². The van der Waals surface area contributed by atoms with Crippen LogP contribution < -0.4 is 4.90 Å². The first kappa shape index (κ1) is 12.8. The van der Waals surface area contributed by atoms with Crippen molar-refractivity contribution in [3.05, 3.63) is 45.2 Å². The molecule has 0 atom stereocenters. The van der Waals surface area contributed by atoms with E-state index in [9.17, 15) is 28.5 Å². The number of aromatic nitrogens is 2. The Kier molecular flexibility index (Phi) is 2.85. The third kappa shape index (κ3) is 2.32. The Morgan fingerprint density at radius 3 is 2.32 bits per heavy atom. The Hall–Kier alpha value is -2.65. The van der Waals surface area contributed by atoms with Crippen LogP contribution in [0.2, 0.25) is 0 Å². The molecule has 0 radical (unpaired) electrons. The van der Waals surface area contributed by atoms with Gasteiger partial charge in [-0.05, 0) is 12.1 Å². The maximum absolute atomic E-state index is 12.3. The van der Waals surface area contributed by atoms with Gasteiger partial charge in [0, 0.05) is 5.56 Å². The standard InChI is InChI=1S/C9H4F3N3O4/c10-9(11,12)6-3-1-5(2-4-6)7-8(14(16)17)15(18)19-13-7/h1-4H. The van der Waals surface area contributed by atoms with E-state index < -0.39 is 33.1 Å². The third-order valence-electron chi connectivity index (χ3n) is 2.25. The Balaban J connectivity index is 2.46. The van der Waals surface area contributed by atoms with E-state index in [1.54, 1.807) is 0 Å². The van der Waals surface area contributed by atoms with Gasteiger partial charge in [0.05, 0.1) is 5.56 Å². The minimum absolute atomic E-state index is 0.0296. The van der Waals surface area contributed by atoms with Crippen LogP contribution in [0.15, 0.2) is 28.9 Å². The Labute approximate surface area is 102 Å². The quantitative estimate of drug-likeness (QED) is 0.473. The number of alkyl halides is 3. The summed E-state index contributed by atoms with van der Waals surface area (Å²) >= 11 is 0. The van der Waals surface area contributed by atoms with Crippen molar-refractivity contribution in [2.24, 2.45) is 0 Å². The molecule has 0 aliphatic heterocycles. The second-order valence-electron chi connectivity index (χ2n) is 3.43. The second kappa shape index (κ2) is 4.23. The largest absolute Gasteiger partial charge is 0.587 e. The van der Waals surface area contributed by atoms with Crippen LogP contribution in [0.25, 0.3) is 11.3 Å². The van der Waals surface area contributed by atoms with Crippen LogP contribution in [0.3, 0.4) is 0 Å². The molecule has 0 spiro atoms. The van der Waals surface area contributed by atoms with E-state index in [0.29, 0.717) is 0 Å². The lowest BCUT2D eigenvalue weighted by Crippen LogP contribution is -2.26. The van der Waals surface area contributed by atoms with Crippen LogP contribution >= 0.6 is 0 Å². The average molecular weight is 275 g/mol. The summed E-state index contributed by atoms with van der Waals surface area (Å²) in [6.45, 7) is 0. The molecule has 100 valence electrons. The maximum atomic E-state index is 12.3. The monoisotopic (exact) mass is 275 g/mol. The van der Waals surface area contributed by atoms with E-state index in [4.69, 9.17) is 0 Å². The number of nitrogens with zero attached hydrogens (tertiary/aromatic N) is 3. The SMILES string of the molecule is O=[N+]([O-])c1c(-c2ccc(C(F)(F)F)cc2)no[n+]1[O-]. The number of hydrogen-bond donors (Lipinski definition) is 0. The van der Waals surface area contributed by atoms with Crippen molar-refractivity contribution in [2.75, 3.05) is 0 Å². The molecule has 0 amide bonds. The van der Waals surface area contributed by atoms with Gasteiger partial charge in [-0.1, -0.05) is 12.1 Å². The number of nitro groups is 1. The van der Waals surface area contributed by atoms with Crippen LogP contribution in [0, 0.1) is 15.3 Å². The number of rotatable bonds is 2. The van der Waals surface area contributed by atoms with Gasteiger partial charge in [-0.25, -0.2) is 0 Å². The molecule has 2 rings (SSSR count). The van der Waals surface area contributed by atoms with Gasteiger partial charge < -0.3 is 0 Å². The summed E-state index contributed by atoms with van der Waals surface area (Å²) in [5.74, 6) is -0.986. The Bertz CT molecular complexity index is 621. The summed E-state index contributed by atoms with van der Waals surface area (Å²) < 4.78 is 41.1. The molecular weight excluding hydrogens is 271 g/mol. The van der Waals surface area contributed by atoms with Crippen molar-refractivity contribution in [1.82, 2.24) is 5.16 Å². The summed E-state index contributed by atoms with van der Waals surface area (Å²) in [5, 5.41) is 24.7. The van der Waals surface area contributed by atoms with Crippen molar-refractivity contribution >= 4 is 5.82 Å². The summed E-state index contributed by atoms with van der Waals surface area (Å²) in [4.78, 5) is 9.15. The van der Waals surface area contributed by atoms with Gasteiger partial charge in [0.1, 0.15) is 9.83 Å². The number of benzene rings is 1. The highest BCUT2D eigenvalue weighted by Gasteiger charge is 2.34.